The molecule has 1 atom stereocenters. The van der Waals surface area contributed by atoms with Crippen molar-refractivity contribution in [3.05, 3.63) is 0 Å². The SMILES string of the molecule is CCCCCCCCCCC(C)C1CCCCCCCCCCCCCCCCCCC1. The highest BCUT2D eigenvalue weighted by molar-refractivity contribution is 4.68. The maximum absolute atomic E-state index is 2.60. The first kappa shape index (κ1) is 30.0. The van der Waals surface area contributed by atoms with Gasteiger partial charge >= 0.3 is 0 Å². The zero-order valence-corrected chi connectivity index (χ0v) is 23.0. The summed E-state index contributed by atoms with van der Waals surface area (Å²) in [6.45, 7) is 4.92. The summed E-state index contributed by atoms with van der Waals surface area (Å²) >= 11 is 0. The van der Waals surface area contributed by atoms with E-state index in [-0.39, 0.29) is 0 Å². The van der Waals surface area contributed by atoms with Gasteiger partial charge < -0.3 is 0 Å². The molecule has 1 aliphatic rings. The highest BCUT2D eigenvalue weighted by Crippen LogP contribution is 2.29. The molecule has 1 fully saturated rings. The summed E-state index contributed by atoms with van der Waals surface area (Å²) in [6, 6.07) is 0. The van der Waals surface area contributed by atoms with Crippen LogP contribution in [-0.4, -0.2) is 0 Å². The van der Waals surface area contributed by atoms with Gasteiger partial charge in [0.15, 0.2) is 0 Å². The number of unbranched alkanes of at least 4 members (excludes halogenated alkanes) is 7. The van der Waals surface area contributed by atoms with Crippen molar-refractivity contribution in [3.63, 3.8) is 0 Å². The largest absolute Gasteiger partial charge is 0.0654 e. The Labute approximate surface area is 205 Å². The van der Waals surface area contributed by atoms with Gasteiger partial charge in [-0.05, 0) is 11.8 Å². The van der Waals surface area contributed by atoms with Crippen molar-refractivity contribution in [1.82, 2.24) is 0 Å². The fourth-order valence-electron chi connectivity index (χ4n) is 6.01. The molecule has 0 radical (unpaired) electrons. The third-order valence-electron chi connectivity index (χ3n) is 8.47. The van der Waals surface area contributed by atoms with Crippen LogP contribution < -0.4 is 0 Å². The van der Waals surface area contributed by atoms with Gasteiger partial charge in [-0.15, -0.1) is 0 Å². The first-order valence-electron chi connectivity index (χ1n) is 15.8. The monoisotopic (exact) mass is 449 g/mol. The molecule has 1 saturated carbocycles. The van der Waals surface area contributed by atoms with Crippen molar-refractivity contribution < 1.29 is 0 Å². The molecule has 0 spiro atoms. The quantitative estimate of drug-likeness (QED) is 0.291. The third-order valence-corrected chi connectivity index (χ3v) is 8.47. The Kier molecular flexibility index (Phi) is 22.7. The second-order valence-corrected chi connectivity index (χ2v) is 11.6. The van der Waals surface area contributed by atoms with Crippen molar-refractivity contribution in [2.75, 3.05) is 0 Å². The molecule has 0 aromatic carbocycles. The number of rotatable bonds is 10. The minimum atomic E-state index is 0.966. The van der Waals surface area contributed by atoms with E-state index in [1.54, 1.807) is 0 Å². The molecular formula is C32H64. The van der Waals surface area contributed by atoms with E-state index in [0.29, 0.717) is 0 Å². The molecule has 1 aliphatic carbocycles. The van der Waals surface area contributed by atoms with Crippen LogP contribution in [0.1, 0.15) is 194 Å². The maximum atomic E-state index is 2.60. The van der Waals surface area contributed by atoms with Gasteiger partial charge in [0.2, 0.25) is 0 Å². The van der Waals surface area contributed by atoms with Crippen LogP contribution in [0.15, 0.2) is 0 Å². The first-order chi connectivity index (χ1) is 15.8. The first-order valence-corrected chi connectivity index (χ1v) is 15.8. The van der Waals surface area contributed by atoms with Crippen LogP contribution in [-0.2, 0) is 0 Å². The Bertz CT molecular complexity index is 326. The minimum absolute atomic E-state index is 0.966. The molecule has 0 heterocycles. The Balaban J connectivity index is 2.25. The Hall–Kier alpha value is 0. The third kappa shape index (κ3) is 19.5. The number of hydrogen-bond donors (Lipinski definition) is 0. The zero-order chi connectivity index (χ0) is 23.0. The van der Waals surface area contributed by atoms with E-state index in [0.717, 1.165) is 11.8 Å². The summed E-state index contributed by atoms with van der Waals surface area (Å²) in [7, 11) is 0. The molecule has 1 rings (SSSR count). The van der Waals surface area contributed by atoms with Crippen LogP contribution in [0.5, 0.6) is 0 Å². The Morgan fingerprint density at radius 2 is 0.750 bits per heavy atom. The molecule has 0 amide bonds. The lowest BCUT2D eigenvalue weighted by atomic mass is 9.81. The summed E-state index contributed by atoms with van der Waals surface area (Å²) < 4.78 is 0. The molecule has 1 unspecified atom stereocenters. The van der Waals surface area contributed by atoms with Crippen molar-refractivity contribution >= 4 is 0 Å². The maximum Gasteiger partial charge on any atom is -0.0388 e. The van der Waals surface area contributed by atoms with E-state index in [2.05, 4.69) is 13.8 Å². The van der Waals surface area contributed by atoms with Crippen LogP contribution in [0.3, 0.4) is 0 Å². The summed E-state index contributed by atoms with van der Waals surface area (Å²) in [5, 5.41) is 0. The topological polar surface area (TPSA) is 0 Å². The van der Waals surface area contributed by atoms with Crippen molar-refractivity contribution in [2.45, 2.75) is 194 Å². The normalized spacial score (nSPS) is 21.2. The van der Waals surface area contributed by atoms with Gasteiger partial charge in [-0.25, -0.2) is 0 Å². The molecule has 32 heavy (non-hydrogen) atoms. The van der Waals surface area contributed by atoms with Gasteiger partial charge in [0.05, 0.1) is 0 Å². The van der Waals surface area contributed by atoms with E-state index in [4.69, 9.17) is 0 Å². The molecular weight excluding hydrogens is 384 g/mol. The predicted molar refractivity (Wildman–Crippen MR) is 148 cm³/mol. The smallest absolute Gasteiger partial charge is 0.0388 e. The Morgan fingerprint density at radius 3 is 1.12 bits per heavy atom. The standard InChI is InChI=1S/C32H64/c1-3-4-5-6-7-19-22-25-28-31(2)32-29-26-23-20-17-15-13-11-9-8-10-12-14-16-18-21-24-27-30-32/h31-32H,3-30H2,1-2H3. The zero-order valence-electron chi connectivity index (χ0n) is 23.0. The van der Waals surface area contributed by atoms with E-state index >= 15 is 0 Å². The van der Waals surface area contributed by atoms with Gasteiger partial charge in [0.25, 0.3) is 0 Å². The number of hydrogen-bond acceptors (Lipinski definition) is 0. The van der Waals surface area contributed by atoms with Gasteiger partial charge in [0, 0.05) is 0 Å². The summed E-state index contributed by atoms with van der Waals surface area (Å²) in [5.74, 6) is 1.98. The van der Waals surface area contributed by atoms with E-state index in [1.807, 2.05) is 0 Å². The average Bonchev–Trinajstić information content (AvgIpc) is 2.80. The molecule has 0 aromatic heterocycles. The molecule has 0 aliphatic heterocycles. The fourth-order valence-corrected chi connectivity index (χ4v) is 6.01. The predicted octanol–water partition coefficient (Wildman–Crippen LogP) is 12.2. The van der Waals surface area contributed by atoms with Gasteiger partial charge in [-0.3, -0.25) is 0 Å². The molecule has 192 valence electrons. The van der Waals surface area contributed by atoms with Crippen molar-refractivity contribution in [1.29, 1.82) is 0 Å². The summed E-state index contributed by atoms with van der Waals surface area (Å²) in [5.41, 5.74) is 0. The van der Waals surface area contributed by atoms with Crippen LogP contribution >= 0.6 is 0 Å². The second kappa shape index (κ2) is 24.1. The van der Waals surface area contributed by atoms with Crippen LogP contribution in [0.2, 0.25) is 0 Å². The molecule has 0 saturated heterocycles. The van der Waals surface area contributed by atoms with Gasteiger partial charge in [-0.2, -0.15) is 0 Å². The van der Waals surface area contributed by atoms with Gasteiger partial charge in [0.1, 0.15) is 0 Å². The fraction of sp³-hybridized carbons (Fsp3) is 1.00. The molecule has 0 bridgehead atoms. The highest BCUT2D eigenvalue weighted by Gasteiger charge is 2.16. The highest BCUT2D eigenvalue weighted by atomic mass is 14.2. The minimum Gasteiger partial charge on any atom is -0.0654 e. The summed E-state index contributed by atoms with van der Waals surface area (Å²) in [6.07, 6.45) is 41.8. The van der Waals surface area contributed by atoms with Crippen LogP contribution in [0.4, 0.5) is 0 Å². The van der Waals surface area contributed by atoms with Gasteiger partial charge in [-0.1, -0.05) is 194 Å². The molecule has 0 nitrogen and oxygen atoms in total. The molecule has 0 aromatic rings. The lowest BCUT2D eigenvalue weighted by molar-refractivity contribution is 0.274. The van der Waals surface area contributed by atoms with Crippen LogP contribution in [0.25, 0.3) is 0 Å². The van der Waals surface area contributed by atoms with Crippen molar-refractivity contribution in [3.8, 4) is 0 Å². The molecule has 0 heteroatoms. The second-order valence-electron chi connectivity index (χ2n) is 11.6. The summed E-state index contributed by atoms with van der Waals surface area (Å²) in [4.78, 5) is 0. The van der Waals surface area contributed by atoms with Crippen molar-refractivity contribution in [2.24, 2.45) is 11.8 Å². The lowest BCUT2D eigenvalue weighted by Gasteiger charge is -2.24. The molecule has 0 N–H and O–H groups in total. The van der Waals surface area contributed by atoms with Crippen LogP contribution in [0, 0.1) is 11.8 Å². The van der Waals surface area contributed by atoms with E-state index in [9.17, 15) is 0 Å². The lowest BCUT2D eigenvalue weighted by Crippen LogP contribution is -2.12. The van der Waals surface area contributed by atoms with E-state index in [1.165, 1.54) is 180 Å². The Morgan fingerprint density at radius 1 is 0.438 bits per heavy atom. The van der Waals surface area contributed by atoms with E-state index < -0.39 is 0 Å². The average molecular weight is 449 g/mol.